The number of furan rings is 1. The predicted octanol–water partition coefficient (Wildman–Crippen LogP) is 6.58. The second kappa shape index (κ2) is 9.02. The Labute approximate surface area is 195 Å². The zero-order valence-corrected chi connectivity index (χ0v) is 18.7. The van der Waals surface area contributed by atoms with Gasteiger partial charge in [-0.2, -0.15) is 0 Å². The van der Waals surface area contributed by atoms with Crippen LogP contribution in [0.2, 0.25) is 0 Å². The Morgan fingerprint density at radius 2 is 1.64 bits per heavy atom. The Hall–Kier alpha value is -3.74. The summed E-state index contributed by atoms with van der Waals surface area (Å²) < 4.78 is 11.5. The molecule has 1 aliphatic heterocycles. The van der Waals surface area contributed by atoms with Crippen molar-refractivity contribution in [3.63, 3.8) is 0 Å². The molecule has 0 fully saturated rings. The number of aliphatic hydroxyl groups excluding tert-OH is 1. The molecule has 0 saturated heterocycles. The van der Waals surface area contributed by atoms with Crippen LogP contribution in [0.25, 0.3) is 6.08 Å². The van der Waals surface area contributed by atoms with Gasteiger partial charge in [0.05, 0.1) is 18.6 Å². The van der Waals surface area contributed by atoms with Crippen molar-refractivity contribution in [2.24, 2.45) is 0 Å². The number of nitrogens with zero attached hydrogens (tertiary/aromatic N) is 1. The summed E-state index contributed by atoms with van der Waals surface area (Å²) in [4.78, 5) is 16.3. The lowest BCUT2D eigenvalue weighted by Gasteiger charge is -2.22. The lowest BCUT2D eigenvalue weighted by molar-refractivity contribution is 0.104. The summed E-state index contributed by atoms with van der Waals surface area (Å²) in [5.74, 6) is 1.98. The fraction of sp³-hybridized carbons (Fsp3) is 0.0741. The van der Waals surface area contributed by atoms with Gasteiger partial charge in [-0.15, -0.1) is 0 Å². The predicted molar refractivity (Wildman–Crippen MR) is 130 cm³/mol. The lowest BCUT2D eigenvalue weighted by atomic mass is 10.1. The fourth-order valence-electron chi connectivity index (χ4n) is 3.69. The number of hydrogen-bond acceptors (Lipinski definition) is 6. The summed E-state index contributed by atoms with van der Waals surface area (Å²) in [6.45, 7) is -0.0185. The molecule has 33 heavy (non-hydrogen) atoms. The number of hydrogen-bond donors (Lipinski definition) is 1. The van der Waals surface area contributed by atoms with Crippen molar-refractivity contribution in [2.45, 2.75) is 11.5 Å². The Morgan fingerprint density at radius 3 is 2.30 bits per heavy atom. The van der Waals surface area contributed by atoms with Gasteiger partial charge in [-0.05, 0) is 66.2 Å². The van der Waals surface area contributed by atoms with Crippen LogP contribution < -0.4 is 9.64 Å². The maximum absolute atomic E-state index is 12.7. The second-order valence-corrected chi connectivity index (χ2v) is 8.55. The van der Waals surface area contributed by atoms with Crippen LogP contribution in [0.5, 0.6) is 5.75 Å². The lowest BCUT2D eigenvalue weighted by Crippen LogP contribution is -2.09. The van der Waals surface area contributed by atoms with Gasteiger partial charge >= 0.3 is 0 Å². The van der Waals surface area contributed by atoms with E-state index in [4.69, 9.17) is 9.15 Å². The molecule has 2 heterocycles. The van der Waals surface area contributed by atoms with Crippen LogP contribution in [0, 0.1) is 0 Å². The van der Waals surface area contributed by atoms with Crippen LogP contribution in [0.15, 0.2) is 99.1 Å². The number of thioether (sulfide) groups is 1. The Morgan fingerprint density at radius 1 is 0.939 bits per heavy atom. The van der Waals surface area contributed by atoms with Crippen LogP contribution in [0.3, 0.4) is 0 Å². The zero-order valence-electron chi connectivity index (χ0n) is 17.9. The number of allylic oxidation sites excluding steroid dienone is 1. The number of benzene rings is 3. The molecule has 6 heteroatoms. The van der Waals surface area contributed by atoms with E-state index in [9.17, 15) is 9.90 Å². The number of anilines is 3. The molecule has 4 aromatic rings. The number of ether oxygens (including phenoxy) is 1. The van der Waals surface area contributed by atoms with Crippen molar-refractivity contribution in [1.29, 1.82) is 0 Å². The van der Waals surface area contributed by atoms with E-state index >= 15 is 0 Å². The number of rotatable bonds is 6. The molecule has 0 aliphatic carbocycles. The summed E-state index contributed by atoms with van der Waals surface area (Å²) >= 11 is 1.46. The van der Waals surface area contributed by atoms with E-state index in [1.54, 1.807) is 13.2 Å². The van der Waals surface area contributed by atoms with E-state index < -0.39 is 0 Å². The molecule has 5 nitrogen and oxygen atoms in total. The monoisotopic (exact) mass is 455 g/mol. The fourth-order valence-corrected chi connectivity index (χ4v) is 4.72. The molecule has 5 rings (SSSR count). The first kappa shape index (κ1) is 21.1. The number of methoxy groups -OCH3 is 1. The SMILES string of the molecule is COc1ccc(N(c2ccc(CO)cc2)c2ccc(/C=C3\Sc4ccccc4C3=O)o2)cc1. The van der Waals surface area contributed by atoms with Gasteiger partial charge in [-0.25, -0.2) is 0 Å². The minimum atomic E-state index is -0.0185. The van der Waals surface area contributed by atoms with E-state index in [0.717, 1.165) is 33.1 Å². The largest absolute Gasteiger partial charge is 0.497 e. The minimum Gasteiger partial charge on any atom is -0.497 e. The van der Waals surface area contributed by atoms with Gasteiger partial charge in [0.2, 0.25) is 11.7 Å². The number of ketones is 1. The van der Waals surface area contributed by atoms with Crippen molar-refractivity contribution in [3.05, 3.63) is 107 Å². The maximum Gasteiger partial charge on any atom is 0.205 e. The van der Waals surface area contributed by atoms with E-state index in [0.29, 0.717) is 16.5 Å². The van der Waals surface area contributed by atoms with Gasteiger partial charge in [-0.1, -0.05) is 36.0 Å². The standard InChI is InChI=1S/C27H21NO4S/c1-31-21-12-10-20(11-13-21)28(19-8-6-18(17-29)7-9-19)26-15-14-22(32-26)16-25-27(30)23-4-2-3-5-24(23)33-25/h2-16,29H,17H2,1H3/b25-16-. The van der Waals surface area contributed by atoms with Crippen molar-refractivity contribution < 1.29 is 19.1 Å². The normalized spacial score (nSPS) is 13.9. The van der Waals surface area contributed by atoms with E-state index in [2.05, 4.69) is 0 Å². The Balaban J connectivity index is 1.50. The quantitative estimate of drug-likeness (QED) is 0.331. The molecule has 0 spiro atoms. The van der Waals surface area contributed by atoms with Gasteiger partial charge in [-0.3, -0.25) is 9.69 Å². The highest BCUT2D eigenvalue weighted by Gasteiger charge is 2.26. The van der Waals surface area contributed by atoms with E-state index in [-0.39, 0.29) is 12.4 Å². The molecule has 0 bridgehead atoms. The van der Waals surface area contributed by atoms with Crippen molar-refractivity contribution >= 4 is 40.9 Å². The van der Waals surface area contributed by atoms with Gasteiger partial charge in [0.25, 0.3) is 0 Å². The highest BCUT2D eigenvalue weighted by Crippen LogP contribution is 2.42. The summed E-state index contributed by atoms with van der Waals surface area (Å²) in [6, 6.07) is 26.7. The Bertz CT molecular complexity index is 1280. The first-order chi connectivity index (χ1) is 16.2. The number of fused-ring (bicyclic) bond motifs is 1. The topological polar surface area (TPSA) is 62.9 Å². The summed E-state index contributed by atoms with van der Waals surface area (Å²) in [6.07, 6.45) is 1.79. The highest BCUT2D eigenvalue weighted by molar-refractivity contribution is 8.04. The van der Waals surface area contributed by atoms with Crippen LogP contribution in [-0.2, 0) is 6.61 Å². The van der Waals surface area contributed by atoms with Crippen LogP contribution >= 0.6 is 11.8 Å². The number of carbonyl (C=O) groups excluding carboxylic acids is 1. The van der Waals surface area contributed by atoms with E-state index in [1.165, 1.54) is 11.8 Å². The first-order valence-corrected chi connectivity index (χ1v) is 11.2. The van der Waals surface area contributed by atoms with Gasteiger partial charge < -0.3 is 14.3 Å². The molecule has 0 amide bonds. The van der Waals surface area contributed by atoms with Crippen LogP contribution in [-0.4, -0.2) is 18.0 Å². The molecular formula is C27H21NO4S. The number of aliphatic hydroxyl groups is 1. The molecule has 1 aliphatic rings. The molecule has 164 valence electrons. The van der Waals surface area contributed by atoms with Gasteiger partial charge in [0.15, 0.2) is 0 Å². The van der Waals surface area contributed by atoms with Crippen molar-refractivity contribution in [3.8, 4) is 5.75 Å². The maximum atomic E-state index is 12.7. The molecule has 3 aromatic carbocycles. The highest BCUT2D eigenvalue weighted by atomic mass is 32.2. The third-order valence-corrected chi connectivity index (χ3v) is 6.49. The molecule has 0 unspecified atom stereocenters. The molecular weight excluding hydrogens is 434 g/mol. The molecule has 0 atom stereocenters. The van der Waals surface area contributed by atoms with Crippen LogP contribution in [0.4, 0.5) is 17.3 Å². The van der Waals surface area contributed by atoms with Gasteiger partial charge in [0.1, 0.15) is 11.5 Å². The second-order valence-electron chi connectivity index (χ2n) is 7.47. The first-order valence-electron chi connectivity index (χ1n) is 10.4. The third kappa shape index (κ3) is 4.18. The third-order valence-electron chi connectivity index (χ3n) is 5.39. The van der Waals surface area contributed by atoms with Crippen LogP contribution in [0.1, 0.15) is 21.7 Å². The average Bonchev–Trinajstić information content (AvgIpc) is 3.45. The van der Waals surface area contributed by atoms with Crippen molar-refractivity contribution in [1.82, 2.24) is 0 Å². The summed E-state index contributed by atoms with van der Waals surface area (Å²) in [5, 5.41) is 9.40. The average molecular weight is 456 g/mol. The minimum absolute atomic E-state index is 0.0140. The molecule has 1 N–H and O–H groups in total. The number of carbonyl (C=O) groups is 1. The van der Waals surface area contributed by atoms with E-state index in [1.807, 2.05) is 89.8 Å². The zero-order chi connectivity index (χ0) is 22.8. The molecule has 0 radical (unpaired) electrons. The summed E-state index contributed by atoms with van der Waals surface area (Å²) in [7, 11) is 1.63. The molecule has 1 aromatic heterocycles. The number of Topliss-reactive ketones (excluding diaryl/α,β-unsaturated/α-hetero) is 1. The smallest absolute Gasteiger partial charge is 0.205 e. The summed E-state index contributed by atoms with van der Waals surface area (Å²) in [5.41, 5.74) is 3.32. The van der Waals surface area contributed by atoms with Gasteiger partial charge in [0, 0.05) is 27.9 Å². The molecule has 0 saturated carbocycles. The Kier molecular flexibility index (Phi) is 5.77. The van der Waals surface area contributed by atoms with Crippen molar-refractivity contribution in [2.75, 3.05) is 12.0 Å².